The molecule has 9 aromatic carbocycles. The van der Waals surface area contributed by atoms with Gasteiger partial charge in [0.2, 0.25) is 0 Å². The predicted octanol–water partition coefficient (Wildman–Crippen LogP) is 20.4. The molecule has 0 saturated carbocycles. The van der Waals surface area contributed by atoms with E-state index in [0.29, 0.717) is 5.69 Å². The summed E-state index contributed by atoms with van der Waals surface area (Å²) in [7, 11) is 0. The highest BCUT2D eigenvalue weighted by Gasteiger charge is 2.25. The quantitative estimate of drug-likeness (QED) is 0.121. The van der Waals surface area contributed by atoms with E-state index >= 15 is 0 Å². The van der Waals surface area contributed by atoms with Crippen LogP contribution < -0.4 is 0 Å². The Morgan fingerprint density at radius 1 is 0.261 bits per heavy atom. The van der Waals surface area contributed by atoms with Crippen LogP contribution in [0, 0.1) is 6.57 Å². The minimum atomic E-state index is 0.530. The topological polar surface area (TPSA) is 78.7 Å². The second-order valence-electron chi connectivity index (χ2n) is 22.0. The zero-order valence-electron chi connectivity index (χ0n) is 47.4. The molecule has 0 bridgehead atoms. The van der Waals surface area contributed by atoms with Gasteiger partial charge in [0.15, 0.2) is 5.69 Å². The molecule has 0 atom stereocenters. The monoisotopic (exact) mass is 1120 g/mol. The summed E-state index contributed by atoms with van der Waals surface area (Å²) in [6, 6.07) is 93.5. The van der Waals surface area contributed by atoms with Crippen molar-refractivity contribution >= 4 is 49.3 Å². The maximum Gasteiger partial charge on any atom is 0.187 e. The second kappa shape index (κ2) is 21.8. The van der Waals surface area contributed by atoms with Gasteiger partial charge >= 0.3 is 0 Å². The molecule has 16 rings (SSSR count). The zero-order valence-corrected chi connectivity index (χ0v) is 47.4. The third-order valence-electron chi connectivity index (χ3n) is 16.8. The zero-order chi connectivity index (χ0) is 58.5. The van der Waals surface area contributed by atoms with E-state index in [0.717, 1.165) is 156 Å². The number of fused-ring (bicyclic) bond motifs is 6. The van der Waals surface area contributed by atoms with Gasteiger partial charge in [0, 0.05) is 74.1 Å². The first kappa shape index (κ1) is 51.5. The molecule has 0 N–H and O–H groups in total. The Morgan fingerprint density at radius 2 is 0.557 bits per heavy atom. The van der Waals surface area contributed by atoms with E-state index in [1.165, 1.54) is 0 Å². The minimum Gasteiger partial charge on any atom is -0.307 e. The fourth-order valence-corrected chi connectivity index (χ4v) is 12.6. The summed E-state index contributed by atoms with van der Waals surface area (Å²) >= 11 is 0. The van der Waals surface area contributed by atoms with E-state index in [9.17, 15) is 0 Å². The lowest BCUT2D eigenvalue weighted by atomic mass is 10.0. The minimum absolute atomic E-state index is 0.530. The lowest BCUT2D eigenvalue weighted by Gasteiger charge is -2.20. The molecule has 0 aliphatic rings. The molecule has 8 heteroatoms. The van der Waals surface area contributed by atoms with Crippen molar-refractivity contribution in [2.45, 2.75) is 0 Å². The lowest BCUT2D eigenvalue weighted by molar-refractivity contribution is 1.09. The van der Waals surface area contributed by atoms with Crippen LogP contribution in [0.3, 0.4) is 0 Å². The van der Waals surface area contributed by atoms with Crippen LogP contribution in [0.15, 0.2) is 304 Å². The Balaban J connectivity index is 0.984. The summed E-state index contributed by atoms with van der Waals surface area (Å²) in [5, 5.41) is 4.33. The van der Waals surface area contributed by atoms with Crippen LogP contribution in [-0.4, -0.2) is 34.1 Å². The fraction of sp³-hybridized carbons (Fsp3) is 0. The number of nitrogens with zero attached hydrogens (tertiary/aromatic N) is 8. The van der Waals surface area contributed by atoms with E-state index < -0.39 is 0 Å². The van der Waals surface area contributed by atoms with Gasteiger partial charge in [0.25, 0.3) is 0 Å². The van der Waals surface area contributed by atoms with Crippen molar-refractivity contribution in [3.8, 4) is 112 Å². The molecule has 88 heavy (non-hydrogen) atoms. The molecule has 8 nitrogen and oxygen atoms in total. The molecular weight excluding hydrogens is 1070 g/mol. The number of hydrogen-bond donors (Lipinski definition) is 0. The van der Waals surface area contributed by atoms with Crippen molar-refractivity contribution < 1.29 is 0 Å². The molecule has 7 aromatic heterocycles. The Kier molecular flexibility index (Phi) is 12.7. The first-order valence-corrected chi connectivity index (χ1v) is 29.3. The molecule has 0 radical (unpaired) electrons. The maximum atomic E-state index is 8.41. The highest BCUT2D eigenvalue weighted by molar-refractivity contribution is 6.14. The highest BCUT2D eigenvalue weighted by atomic mass is 15.0. The standard InChI is InChI=1S/C80H50N8/c1-81-65-24-14-23-64(41-65)80-78(87-74-46-56(60-33-37-83-70(42-60)52-15-6-2-7-16-52)25-29-66(74)67-30-26-57(47-75(67)87)61-34-38-84-71(43-61)53-17-8-3-9-18-53)50-82-51-79(80)88-76-48-58(62-35-39-85-72(44-62)54-19-10-4-11-20-54)27-31-68(76)69-32-28-59(49-77(69)88)63-36-40-86-73(45-63)55-21-12-5-13-22-55/h2-51H. The highest BCUT2D eigenvalue weighted by Crippen LogP contribution is 2.45. The summed E-state index contributed by atoms with van der Waals surface area (Å²) < 4.78 is 4.78. The number of pyridine rings is 5. The Bertz CT molecular complexity index is 4810. The fourth-order valence-electron chi connectivity index (χ4n) is 12.6. The summed E-state index contributed by atoms with van der Waals surface area (Å²) in [6.07, 6.45) is 11.6. The number of benzene rings is 9. The molecule has 0 saturated heterocycles. The van der Waals surface area contributed by atoms with Crippen molar-refractivity contribution in [2.24, 2.45) is 0 Å². The van der Waals surface area contributed by atoms with Gasteiger partial charge in [0.05, 0.1) is 75.2 Å². The van der Waals surface area contributed by atoms with Gasteiger partial charge in [-0.25, -0.2) is 4.85 Å². The SMILES string of the molecule is [C-]#[N+]c1cccc(-c2c(-n3c4cc(-c5ccnc(-c6ccccc6)c5)ccc4c4ccc(-c5ccnc(-c6ccccc6)c5)cc43)cncc2-n2c3cc(-c4ccnc(-c5ccccc5)c4)ccc3c3ccc(-c4ccnc(-c5ccccc5)c4)cc32)c1. The molecule has 0 unspecified atom stereocenters. The molecular formula is C80H50N8. The molecule has 410 valence electrons. The average Bonchev–Trinajstić information content (AvgIpc) is 1.62. The molecule has 0 amide bonds. The predicted molar refractivity (Wildman–Crippen MR) is 359 cm³/mol. The number of aromatic nitrogens is 7. The van der Waals surface area contributed by atoms with Gasteiger partial charge in [-0.15, -0.1) is 0 Å². The van der Waals surface area contributed by atoms with E-state index in [-0.39, 0.29) is 0 Å². The van der Waals surface area contributed by atoms with Crippen molar-refractivity contribution in [3.63, 3.8) is 0 Å². The normalized spacial score (nSPS) is 11.4. The summed E-state index contributed by atoms with van der Waals surface area (Å²) in [4.78, 5) is 28.7. The first-order chi connectivity index (χ1) is 43.6. The summed E-state index contributed by atoms with van der Waals surface area (Å²) in [5.74, 6) is 0. The van der Waals surface area contributed by atoms with Crippen LogP contribution in [0.1, 0.15) is 0 Å². The van der Waals surface area contributed by atoms with Crippen LogP contribution in [0.25, 0.3) is 160 Å². The van der Waals surface area contributed by atoms with Gasteiger partial charge in [-0.3, -0.25) is 24.9 Å². The third kappa shape index (κ3) is 9.24. The van der Waals surface area contributed by atoms with Crippen molar-refractivity contribution in [1.29, 1.82) is 0 Å². The average molecular weight is 1120 g/mol. The van der Waals surface area contributed by atoms with Crippen molar-refractivity contribution in [1.82, 2.24) is 34.1 Å². The number of rotatable bonds is 11. The molecule has 7 heterocycles. The summed E-state index contributed by atoms with van der Waals surface area (Å²) in [5.41, 5.74) is 24.1. The van der Waals surface area contributed by atoms with Crippen LogP contribution >= 0.6 is 0 Å². The first-order valence-electron chi connectivity index (χ1n) is 29.3. The van der Waals surface area contributed by atoms with Crippen molar-refractivity contribution in [3.05, 3.63) is 316 Å². The van der Waals surface area contributed by atoms with Gasteiger partial charge in [0.1, 0.15) is 0 Å². The third-order valence-corrected chi connectivity index (χ3v) is 16.8. The number of hydrogen-bond acceptors (Lipinski definition) is 5. The van der Waals surface area contributed by atoms with Gasteiger partial charge < -0.3 is 9.13 Å². The van der Waals surface area contributed by atoms with Gasteiger partial charge in [-0.1, -0.05) is 188 Å². The maximum absolute atomic E-state index is 8.41. The molecule has 0 fully saturated rings. The Labute approximate surface area is 508 Å². The van der Waals surface area contributed by atoms with E-state index in [2.05, 4.69) is 190 Å². The van der Waals surface area contributed by atoms with E-state index in [1.54, 1.807) is 0 Å². The molecule has 0 aliphatic carbocycles. The van der Waals surface area contributed by atoms with Crippen LogP contribution in [0.4, 0.5) is 5.69 Å². The second-order valence-corrected chi connectivity index (χ2v) is 22.0. The van der Waals surface area contributed by atoms with Crippen LogP contribution in [0.5, 0.6) is 0 Å². The molecule has 0 aliphatic heterocycles. The lowest BCUT2D eigenvalue weighted by Crippen LogP contribution is -2.05. The van der Waals surface area contributed by atoms with Crippen LogP contribution in [0.2, 0.25) is 0 Å². The van der Waals surface area contributed by atoms with Crippen LogP contribution in [-0.2, 0) is 0 Å². The molecule has 0 spiro atoms. The molecule has 16 aromatic rings. The van der Waals surface area contributed by atoms with Crippen molar-refractivity contribution in [2.75, 3.05) is 0 Å². The largest absolute Gasteiger partial charge is 0.307 e. The Hall–Kier alpha value is -12.2. The summed E-state index contributed by atoms with van der Waals surface area (Å²) in [6.45, 7) is 8.41. The van der Waals surface area contributed by atoms with E-state index in [4.69, 9.17) is 31.5 Å². The smallest absolute Gasteiger partial charge is 0.187 e. The van der Waals surface area contributed by atoms with E-state index in [1.807, 2.05) is 128 Å². The van der Waals surface area contributed by atoms with Gasteiger partial charge in [-0.05, 0) is 129 Å². The van der Waals surface area contributed by atoms with Gasteiger partial charge in [-0.2, -0.15) is 0 Å². The Morgan fingerprint density at radius 3 is 0.864 bits per heavy atom.